The number of rotatable bonds is 68. The van der Waals surface area contributed by atoms with E-state index in [1.165, 1.54) is 372 Å². The second kappa shape index (κ2) is 69.1. The number of hydrogen-bond donors (Lipinski definition) is 3. The van der Waals surface area contributed by atoms with Crippen LogP contribution in [0.1, 0.15) is 418 Å². The lowest BCUT2D eigenvalue weighted by atomic mass is 10.0. The van der Waals surface area contributed by atoms with Crippen LogP contribution in [0.2, 0.25) is 0 Å². The zero-order valence-corrected chi connectivity index (χ0v) is 53.0. The first-order chi connectivity index (χ1) is 38.2. The van der Waals surface area contributed by atoms with E-state index in [0.717, 1.165) is 25.7 Å². The average molecular weight is 1080 g/mol. The van der Waals surface area contributed by atoms with Gasteiger partial charge in [0.25, 0.3) is 0 Å². The Bertz CT molecular complexity index is 1140. The van der Waals surface area contributed by atoms with Crippen LogP contribution in [-0.4, -0.2) is 34.9 Å². The molecule has 77 heavy (non-hydrogen) atoms. The zero-order valence-electron chi connectivity index (χ0n) is 53.0. The van der Waals surface area contributed by atoms with Crippen molar-refractivity contribution in [3.8, 4) is 0 Å². The van der Waals surface area contributed by atoms with Crippen LogP contribution < -0.4 is 5.32 Å². The van der Waals surface area contributed by atoms with Gasteiger partial charge in [0.15, 0.2) is 0 Å². The van der Waals surface area contributed by atoms with Crippen LogP contribution in [0.5, 0.6) is 0 Å². The molecule has 0 bridgehead atoms. The van der Waals surface area contributed by atoms with E-state index in [0.29, 0.717) is 6.42 Å². The Hall–Kier alpha value is -1.13. The van der Waals surface area contributed by atoms with E-state index in [-0.39, 0.29) is 12.5 Å². The molecule has 458 valence electrons. The summed E-state index contributed by atoms with van der Waals surface area (Å²) in [6.45, 7) is 4.36. The fourth-order valence-electron chi connectivity index (χ4n) is 11.7. The molecule has 0 aromatic heterocycles. The molecule has 0 aliphatic rings. The van der Waals surface area contributed by atoms with Crippen LogP contribution in [0.3, 0.4) is 0 Å². The van der Waals surface area contributed by atoms with Gasteiger partial charge in [-0.1, -0.05) is 391 Å². The maximum atomic E-state index is 12.5. The molecule has 0 radical (unpaired) electrons. The van der Waals surface area contributed by atoms with Crippen molar-refractivity contribution in [1.29, 1.82) is 0 Å². The van der Waals surface area contributed by atoms with Gasteiger partial charge in [-0.15, -0.1) is 0 Å². The van der Waals surface area contributed by atoms with Crippen molar-refractivity contribution in [2.45, 2.75) is 431 Å². The lowest BCUT2D eigenvalue weighted by molar-refractivity contribution is -0.123. The number of allylic oxidation sites excluding steroid dienone is 3. The van der Waals surface area contributed by atoms with Gasteiger partial charge in [-0.3, -0.25) is 4.79 Å². The third-order valence-corrected chi connectivity index (χ3v) is 17.2. The Kier molecular flexibility index (Phi) is 68.1. The first kappa shape index (κ1) is 75.9. The zero-order chi connectivity index (χ0) is 55.5. The van der Waals surface area contributed by atoms with E-state index >= 15 is 0 Å². The third kappa shape index (κ3) is 65.6. The maximum Gasteiger partial charge on any atom is 0.220 e. The van der Waals surface area contributed by atoms with E-state index in [4.69, 9.17) is 0 Å². The normalized spacial score (nSPS) is 12.7. The number of carbonyl (C=O) groups excluding carboxylic acids is 1. The highest BCUT2D eigenvalue weighted by molar-refractivity contribution is 5.76. The lowest BCUT2D eigenvalue weighted by Crippen LogP contribution is -2.45. The molecule has 0 rings (SSSR count). The van der Waals surface area contributed by atoms with Crippen molar-refractivity contribution in [1.82, 2.24) is 5.32 Å². The van der Waals surface area contributed by atoms with Gasteiger partial charge in [0.1, 0.15) is 0 Å². The van der Waals surface area contributed by atoms with Crippen LogP contribution in [0, 0.1) is 0 Å². The molecule has 0 aromatic rings. The standard InChI is InChI=1S/C73H143NO3/c1-3-5-7-9-11-13-15-17-19-21-23-25-27-29-31-33-35-36-37-38-39-41-43-45-47-49-51-53-55-57-59-61-63-65-67-69-73(77)74-71(70-75)72(76)68-66-64-62-60-58-56-54-52-50-48-46-44-42-40-34-32-30-28-26-24-22-20-18-16-14-12-10-8-6-4-2/h21,23,66,68,71-72,75-76H,3-20,22,24-65,67,69-70H2,1-2H3,(H,74,77)/b23-21-,68-66+. The van der Waals surface area contributed by atoms with Gasteiger partial charge in [0, 0.05) is 6.42 Å². The minimum atomic E-state index is -0.838. The summed E-state index contributed by atoms with van der Waals surface area (Å²) >= 11 is 0. The van der Waals surface area contributed by atoms with Crippen molar-refractivity contribution in [2.24, 2.45) is 0 Å². The molecule has 4 nitrogen and oxygen atoms in total. The smallest absolute Gasteiger partial charge is 0.220 e. The van der Waals surface area contributed by atoms with Crippen LogP contribution in [0.15, 0.2) is 24.3 Å². The number of aliphatic hydroxyl groups is 2. The summed E-state index contributed by atoms with van der Waals surface area (Å²) in [6, 6.07) is -0.621. The monoisotopic (exact) mass is 1080 g/mol. The fraction of sp³-hybridized carbons (Fsp3) is 0.932. The maximum absolute atomic E-state index is 12.5. The first-order valence-corrected chi connectivity index (χ1v) is 36.1. The SMILES string of the molecule is CCCCCCCCCC/C=C\CCCCCCCCCCCCCCCCCCCCCCCCCC(=O)NC(CO)C(O)/C=C/CCCCCCCCCCCCCCCCCCCCCCCCCCCCCC. The molecule has 1 amide bonds. The van der Waals surface area contributed by atoms with E-state index in [1.807, 2.05) is 6.08 Å². The van der Waals surface area contributed by atoms with Gasteiger partial charge >= 0.3 is 0 Å². The van der Waals surface area contributed by atoms with Gasteiger partial charge in [-0.25, -0.2) is 0 Å². The number of carbonyl (C=O) groups is 1. The molecule has 0 aromatic carbocycles. The average Bonchev–Trinajstić information content (AvgIpc) is 3.43. The van der Waals surface area contributed by atoms with E-state index in [2.05, 4.69) is 31.3 Å². The first-order valence-electron chi connectivity index (χ1n) is 36.1. The summed E-state index contributed by atoms with van der Waals surface area (Å²) in [5.74, 6) is -0.0538. The van der Waals surface area contributed by atoms with Crippen molar-refractivity contribution < 1.29 is 15.0 Å². The highest BCUT2D eigenvalue weighted by Gasteiger charge is 2.18. The molecule has 4 heteroatoms. The molecule has 0 aliphatic carbocycles. The molecule has 2 atom stereocenters. The second-order valence-corrected chi connectivity index (χ2v) is 25.0. The molecule has 2 unspecified atom stereocenters. The minimum absolute atomic E-state index is 0.0538. The van der Waals surface area contributed by atoms with Gasteiger partial charge in [0.05, 0.1) is 18.8 Å². The summed E-state index contributed by atoms with van der Waals surface area (Å²) in [4.78, 5) is 12.5. The van der Waals surface area contributed by atoms with Crippen LogP contribution in [0.4, 0.5) is 0 Å². The van der Waals surface area contributed by atoms with Gasteiger partial charge in [0.2, 0.25) is 5.91 Å². The molecule has 0 spiro atoms. The Morgan fingerprint density at radius 2 is 0.494 bits per heavy atom. The number of nitrogens with one attached hydrogen (secondary N) is 1. The highest BCUT2D eigenvalue weighted by Crippen LogP contribution is 2.19. The molecular weight excluding hydrogens is 939 g/mol. The Balaban J connectivity index is 3.39. The van der Waals surface area contributed by atoms with Crippen LogP contribution >= 0.6 is 0 Å². The Labute approximate surface area is 485 Å². The third-order valence-electron chi connectivity index (χ3n) is 17.2. The topological polar surface area (TPSA) is 69.6 Å². The second-order valence-electron chi connectivity index (χ2n) is 25.0. The van der Waals surface area contributed by atoms with Crippen molar-refractivity contribution >= 4 is 5.91 Å². The molecular formula is C73H143NO3. The summed E-state index contributed by atoms with van der Waals surface area (Å²) in [6.07, 6.45) is 94.3. The largest absolute Gasteiger partial charge is 0.394 e. The van der Waals surface area contributed by atoms with Crippen LogP contribution in [-0.2, 0) is 4.79 Å². The number of hydrogen-bond acceptors (Lipinski definition) is 3. The highest BCUT2D eigenvalue weighted by atomic mass is 16.3. The van der Waals surface area contributed by atoms with E-state index < -0.39 is 12.1 Å². The van der Waals surface area contributed by atoms with Crippen molar-refractivity contribution in [3.05, 3.63) is 24.3 Å². The van der Waals surface area contributed by atoms with Crippen LogP contribution in [0.25, 0.3) is 0 Å². The Morgan fingerprint density at radius 3 is 0.714 bits per heavy atom. The molecule has 0 fully saturated rings. The van der Waals surface area contributed by atoms with Gasteiger partial charge in [-0.2, -0.15) is 0 Å². The quantitative estimate of drug-likeness (QED) is 0.0420. The predicted molar refractivity (Wildman–Crippen MR) is 346 cm³/mol. The van der Waals surface area contributed by atoms with Crippen molar-refractivity contribution in [2.75, 3.05) is 6.61 Å². The van der Waals surface area contributed by atoms with Crippen molar-refractivity contribution in [3.63, 3.8) is 0 Å². The number of amides is 1. The minimum Gasteiger partial charge on any atom is -0.394 e. The van der Waals surface area contributed by atoms with Gasteiger partial charge in [-0.05, 0) is 44.9 Å². The van der Waals surface area contributed by atoms with E-state index in [1.54, 1.807) is 6.08 Å². The summed E-state index contributed by atoms with van der Waals surface area (Å²) in [7, 11) is 0. The predicted octanol–water partition coefficient (Wildman–Crippen LogP) is 24.6. The summed E-state index contributed by atoms with van der Waals surface area (Å²) in [5, 5.41) is 23.3. The van der Waals surface area contributed by atoms with Gasteiger partial charge < -0.3 is 15.5 Å². The van der Waals surface area contributed by atoms with E-state index in [9.17, 15) is 15.0 Å². The number of unbranched alkanes of at least 4 members (excludes halogenated alkanes) is 59. The lowest BCUT2D eigenvalue weighted by Gasteiger charge is -2.20. The molecule has 3 N–H and O–H groups in total. The molecule has 0 aliphatic heterocycles. The molecule has 0 heterocycles. The molecule has 0 saturated carbocycles. The molecule has 0 saturated heterocycles. The summed E-state index contributed by atoms with van der Waals surface area (Å²) < 4.78 is 0. The fourth-order valence-corrected chi connectivity index (χ4v) is 11.7. The summed E-state index contributed by atoms with van der Waals surface area (Å²) in [5.41, 5.74) is 0. The number of aliphatic hydroxyl groups excluding tert-OH is 2. The Morgan fingerprint density at radius 1 is 0.299 bits per heavy atom.